The van der Waals surface area contributed by atoms with E-state index >= 15 is 0 Å². The number of carbonyl (C=O) groups excluding carboxylic acids is 1. The fraction of sp³-hybridized carbons (Fsp3) is 0.200. The van der Waals surface area contributed by atoms with Gasteiger partial charge in [0, 0.05) is 34.1 Å². The highest BCUT2D eigenvalue weighted by atomic mass is 32.1. The van der Waals surface area contributed by atoms with Crippen LogP contribution in [0.2, 0.25) is 0 Å². The highest BCUT2D eigenvalue weighted by Crippen LogP contribution is 2.27. The molecule has 0 unspecified atom stereocenters. The number of benzene rings is 1. The van der Waals surface area contributed by atoms with Crippen molar-refractivity contribution in [3.8, 4) is 11.3 Å². The van der Waals surface area contributed by atoms with Crippen LogP contribution in [0.15, 0.2) is 47.7 Å². The highest BCUT2D eigenvalue weighted by Gasteiger charge is 2.14. The highest BCUT2D eigenvalue weighted by molar-refractivity contribution is 7.17. The summed E-state index contributed by atoms with van der Waals surface area (Å²) in [5.74, 6) is -0.553. The molecule has 0 aliphatic heterocycles. The number of aromatic nitrogens is 4. The number of amides is 1. The molecule has 3 heterocycles. The van der Waals surface area contributed by atoms with E-state index in [9.17, 15) is 14.0 Å². The average Bonchev–Trinajstić information content (AvgIpc) is 3.22. The summed E-state index contributed by atoms with van der Waals surface area (Å²) < 4.78 is 16.3. The second-order valence-corrected chi connectivity index (χ2v) is 7.73. The van der Waals surface area contributed by atoms with E-state index in [1.165, 1.54) is 40.4 Å². The fourth-order valence-electron chi connectivity index (χ4n) is 2.94. The molecule has 0 aliphatic rings. The molecule has 0 bridgehead atoms. The smallest absolute Gasteiger partial charge is 0.253 e. The van der Waals surface area contributed by atoms with Gasteiger partial charge in [0.2, 0.25) is 5.91 Å². The second-order valence-electron chi connectivity index (χ2n) is 6.67. The van der Waals surface area contributed by atoms with E-state index in [4.69, 9.17) is 0 Å². The fourth-order valence-corrected chi connectivity index (χ4v) is 3.99. The Morgan fingerprint density at radius 2 is 2.00 bits per heavy atom. The monoisotopic (exact) mass is 411 g/mol. The lowest BCUT2D eigenvalue weighted by molar-refractivity contribution is -0.121. The molecule has 0 saturated carbocycles. The zero-order valence-electron chi connectivity index (χ0n) is 15.8. The molecule has 0 radical (unpaired) electrons. The lowest BCUT2D eigenvalue weighted by Crippen LogP contribution is -2.32. The van der Waals surface area contributed by atoms with Crippen LogP contribution in [0.25, 0.3) is 16.2 Å². The summed E-state index contributed by atoms with van der Waals surface area (Å²) in [5, 5.41) is 2.83. The van der Waals surface area contributed by atoms with Crippen LogP contribution in [0.3, 0.4) is 0 Å². The number of imidazole rings is 1. The average molecular weight is 411 g/mol. The lowest BCUT2D eigenvalue weighted by atomic mass is 10.2. The van der Waals surface area contributed by atoms with Crippen LogP contribution in [-0.2, 0) is 17.9 Å². The molecule has 4 aromatic rings. The number of rotatable bonds is 5. The normalized spacial score (nSPS) is 11.1. The molecule has 29 heavy (non-hydrogen) atoms. The Bertz CT molecular complexity index is 1260. The molecule has 148 valence electrons. The summed E-state index contributed by atoms with van der Waals surface area (Å²) in [7, 11) is 0. The first-order valence-electron chi connectivity index (χ1n) is 8.94. The van der Waals surface area contributed by atoms with Gasteiger partial charge in [0.25, 0.3) is 5.56 Å². The Labute approximate surface area is 169 Å². The summed E-state index contributed by atoms with van der Waals surface area (Å²) in [4.78, 5) is 34.5. The van der Waals surface area contributed by atoms with Crippen LogP contribution < -0.4 is 10.9 Å². The van der Waals surface area contributed by atoms with Crippen LogP contribution >= 0.6 is 11.3 Å². The van der Waals surface area contributed by atoms with E-state index in [1.807, 2.05) is 17.5 Å². The van der Waals surface area contributed by atoms with Crippen molar-refractivity contribution in [1.29, 1.82) is 0 Å². The topological polar surface area (TPSA) is 81.3 Å². The van der Waals surface area contributed by atoms with E-state index < -0.39 is 0 Å². The maximum Gasteiger partial charge on any atom is 0.253 e. The standard InChI is InChI=1S/C20H18FN5O2S/c1-12-7-19(28)25(11-23-12)10-18(27)22-8-17-13(2)26-9-16(24-20(26)29-17)14-3-5-15(21)6-4-14/h3-7,9,11H,8,10H2,1-2H3,(H,22,27). The van der Waals surface area contributed by atoms with Crippen LogP contribution in [0.4, 0.5) is 4.39 Å². The summed E-state index contributed by atoms with van der Waals surface area (Å²) in [6, 6.07) is 7.60. The van der Waals surface area contributed by atoms with Crippen molar-refractivity contribution in [3.63, 3.8) is 0 Å². The van der Waals surface area contributed by atoms with E-state index in [1.54, 1.807) is 19.1 Å². The van der Waals surface area contributed by atoms with Crippen molar-refractivity contribution in [2.24, 2.45) is 0 Å². The molecule has 1 amide bonds. The van der Waals surface area contributed by atoms with Gasteiger partial charge in [-0.25, -0.2) is 14.4 Å². The molecule has 0 fully saturated rings. The Kier molecular flexibility index (Phi) is 4.98. The second kappa shape index (κ2) is 7.59. The number of hydrogen-bond donors (Lipinski definition) is 1. The van der Waals surface area contributed by atoms with Gasteiger partial charge in [0.05, 0.1) is 18.6 Å². The van der Waals surface area contributed by atoms with Gasteiger partial charge in [-0.05, 0) is 38.1 Å². The first kappa shape index (κ1) is 19.0. The maximum atomic E-state index is 13.1. The number of carbonyl (C=O) groups is 1. The molecule has 3 aromatic heterocycles. The van der Waals surface area contributed by atoms with Crippen molar-refractivity contribution >= 4 is 22.2 Å². The predicted octanol–water partition coefficient (Wildman–Crippen LogP) is 2.69. The summed E-state index contributed by atoms with van der Waals surface area (Å²) in [6.07, 6.45) is 3.27. The maximum absolute atomic E-state index is 13.1. The number of aryl methyl sites for hydroxylation is 2. The minimum atomic E-state index is -0.285. The number of nitrogens with one attached hydrogen (secondary N) is 1. The minimum Gasteiger partial charge on any atom is -0.350 e. The molecule has 0 spiro atoms. The van der Waals surface area contributed by atoms with Crippen LogP contribution in [-0.4, -0.2) is 24.8 Å². The first-order chi connectivity index (χ1) is 13.9. The van der Waals surface area contributed by atoms with Gasteiger partial charge in [-0.1, -0.05) is 11.3 Å². The zero-order valence-corrected chi connectivity index (χ0v) is 16.7. The third-order valence-electron chi connectivity index (χ3n) is 4.57. The van der Waals surface area contributed by atoms with Gasteiger partial charge < -0.3 is 5.32 Å². The minimum absolute atomic E-state index is 0.0810. The van der Waals surface area contributed by atoms with Crippen LogP contribution in [0.1, 0.15) is 16.3 Å². The molecule has 1 aromatic carbocycles. The lowest BCUT2D eigenvalue weighted by Gasteiger charge is -2.07. The van der Waals surface area contributed by atoms with Crippen LogP contribution in [0, 0.1) is 19.7 Å². The Morgan fingerprint density at radius 3 is 2.69 bits per heavy atom. The third-order valence-corrected chi connectivity index (χ3v) is 5.73. The number of halogens is 1. The van der Waals surface area contributed by atoms with Crippen molar-refractivity contribution in [1.82, 2.24) is 24.3 Å². The number of thiazole rings is 1. The zero-order chi connectivity index (χ0) is 20.5. The van der Waals surface area contributed by atoms with Gasteiger partial charge in [-0.3, -0.25) is 18.6 Å². The van der Waals surface area contributed by atoms with Gasteiger partial charge in [-0.2, -0.15) is 0 Å². The third kappa shape index (κ3) is 3.95. The summed E-state index contributed by atoms with van der Waals surface area (Å²) in [6.45, 7) is 3.94. The molecular weight excluding hydrogens is 393 g/mol. The number of nitrogens with zero attached hydrogens (tertiary/aromatic N) is 4. The summed E-state index contributed by atoms with van der Waals surface area (Å²) >= 11 is 1.48. The van der Waals surface area contributed by atoms with E-state index in [0.717, 1.165) is 26.8 Å². The van der Waals surface area contributed by atoms with Gasteiger partial charge >= 0.3 is 0 Å². The van der Waals surface area contributed by atoms with Gasteiger partial charge in [0.15, 0.2) is 4.96 Å². The quantitative estimate of drug-likeness (QED) is 0.548. The van der Waals surface area contributed by atoms with Crippen LogP contribution in [0.5, 0.6) is 0 Å². The number of fused-ring (bicyclic) bond motifs is 1. The SMILES string of the molecule is Cc1cc(=O)n(CC(=O)NCc2sc3nc(-c4ccc(F)cc4)cn3c2C)cn1. The molecule has 0 aliphatic carbocycles. The molecule has 1 N–H and O–H groups in total. The van der Waals surface area contributed by atoms with Crippen molar-refractivity contribution in [2.75, 3.05) is 0 Å². The molecule has 7 nitrogen and oxygen atoms in total. The van der Waals surface area contributed by atoms with E-state index in [2.05, 4.69) is 15.3 Å². The van der Waals surface area contributed by atoms with Crippen molar-refractivity contribution < 1.29 is 9.18 Å². The molecular formula is C20H18FN5O2S. The summed E-state index contributed by atoms with van der Waals surface area (Å²) in [5.41, 5.74) is 2.94. The molecule has 0 saturated heterocycles. The largest absolute Gasteiger partial charge is 0.350 e. The van der Waals surface area contributed by atoms with Gasteiger partial charge in [0.1, 0.15) is 12.4 Å². The van der Waals surface area contributed by atoms with Gasteiger partial charge in [-0.15, -0.1) is 0 Å². The van der Waals surface area contributed by atoms with Crippen molar-refractivity contribution in [3.05, 3.63) is 75.3 Å². The molecule has 0 atom stereocenters. The van der Waals surface area contributed by atoms with E-state index in [-0.39, 0.29) is 23.8 Å². The molecule has 4 rings (SSSR count). The Morgan fingerprint density at radius 1 is 1.24 bits per heavy atom. The molecule has 9 heteroatoms. The van der Waals surface area contributed by atoms with E-state index in [0.29, 0.717) is 12.2 Å². The predicted molar refractivity (Wildman–Crippen MR) is 108 cm³/mol. The number of hydrogen-bond acceptors (Lipinski definition) is 5. The Balaban J connectivity index is 1.46. The first-order valence-corrected chi connectivity index (χ1v) is 9.75. The van der Waals surface area contributed by atoms with Crippen molar-refractivity contribution in [2.45, 2.75) is 26.9 Å². The Hall–Kier alpha value is -3.33.